The number of likely N-dealkylation sites (tertiary alicyclic amines) is 1. The molecule has 1 amide bonds. The molecule has 0 spiro atoms. The van der Waals surface area contributed by atoms with Crippen LogP contribution >= 0.6 is 15.9 Å². The first-order valence-corrected chi connectivity index (χ1v) is 6.36. The molecule has 0 aromatic rings. The first-order chi connectivity index (χ1) is 7.77. The van der Waals surface area contributed by atoms with Crippen molar-refractivity contribution in [3.8, 4) is 0 Å². The Bertz CT molecular complexity index is 319. The molecule has 1 rings (SSSR count). The Morgan fingerprint density at radius 2 is 2.00 bits per heavy atom. The maximum Gasteiger partial charge on any atom is 0.471 e. The minimum atomic E-state index is -4.91. The molecule has 0 aliphatic carbocycles. The average molecular weight is 316 g/mol. The van der Waals surface area contributed by atoms with E-state index in [0.29, 0.717) is 17.7 Å². The van der Waals surface area contributed by atoms with Crippen LogP contribution < -0.4 is 0 Å². The Balaban J connectivity index is 2.88. The van der Waals surface area contributed by atoms with Crippen LogP contribution in [0.5, 0.6) is 0 Å². The summed E-state index contributed by atoms with van der Waals surface area (Å²) in [5.41, 5.74) is 0. The molecule has 1 aliphatic heterocycles. The summed E-state index contributed by atoms with van der Waals surface area (Å²) in [6.45, 7) is 1.85. The van der Waals surface area contributed by atoms with Gasteiger partial charge in [0.05, 0.1) is 11.4 Å². The Hall–Kier alpha value is -0.590. The molecule has 0 bridgehead atoms. The second kappa shape index (κ2) is 5.37. The SMILES string of the molecule is CC1CCN(C(=O)C(F)(F)F)C(C(=O)CBr)C1. The fourth-order valence-electron chi connectivity index (χ4n) is 1.94. The summed E-state index contributed by atoms with van der Waals surface area (Å²) in [6.07, 6.45) is -4.12. The summed E-state index contributed by atoms with van der Waals surface area (Å²) in [5.74, 6) is -2.14. The van der Waals surface area contributed by atoms with E-state index in [9.17, 15) is 22.8 Å². The highest BCUT2D eigenvalue weighted by atomic mass is 79.9. The van der Waals surface area contributed by atoms with Gasteiger partial charge in [0.15, 0.2) is 5.78 Å². The number of carbonyl (C=O) groups is 2. The summed E-state index contributed by atoms with van der Waals surface area (Å²) in [6, 6.07) is -0.952. The number of halogens is 4. The van der Waals surface area contributed by atoms with Gasteiger partial charge in [-0.1, -0.05) is 22.9 Å². The smallest absolute Gasteiger partial charge is 0.325 e. The Morgan fingerprint density at radius 1 is 1.41 bits per heavy atom. The summed E-state index contributed by atoms with van der Waals surface area (Å²) < 4.78 is 37.1. The predicted octanol–water partition coefficient (Wildman–Crippen LogP) is 2.14. The van der Waals surface area contributed by atoms with Crippen molar-refractivity contribution in [1.29, 1.82) is 0 Å². The Morgan fingerprint density at radius 3 is 2.47 bits per heavy atom. The molecule has 3 nitrogen and oxygen atoms in total. The summed E-state index contributed by atoms with van der Waals surface area (Å²) in [5, 5.41) is -0.0357. The molecule has 2 unspecified atom stereocenters. The number of rotatable bonds is 2. The van der Waals surface area contributed by atoms with Crippen molar-refractivity contribution in [2.75, 3.05) is 11.9 Å². The first kappa shape index (κ1) is 14.5. The maximum absolute atomic E-state index is 12.4. The third-order valence-corrected chi connectivity index (χ3v) is 3.42. The van der Waals surface area contributed by atoms with Crippen molar-refractivity contribution >= 4 is 27.6 Å². The van der Waals surface area contributed by atoms with Crippen LogP contribution in [0.4, 0.5) is 13.2 Å². The Labute approximate surface area is 105 Å². The lowest BCUT2D eigenvalue weighted by molar-refractivity contribution is -0.190. The number of nitrogens with zero attached hydrogens (tertiary/aromatic N) is 1. The van der Waals surface area contributed by atoms with E-state index >= 15 is 0 Å². The number of hydrogen-bond donors (Lipinski definition) is 0. The summed E-state index contributed by atoms with van der Waals surface area (Å²) in [4.78, 5) is 23.4. The molecule has 0 aromatic heterocycles. The molecule has 17 heavy (non-hydrogen) atoms. The van der Waals surface area contributed by atoms with Crippen LogP contribution in [-0.4, -0.2) is 40.7 Å². The first-order valence-electron chi connectivity index (χ1n) is 5.23. The molecule has 98 valence electrons. The molecule has 2 atom stereocenters. The van der Waals surface area contributed by atoms with Crippen molar-refractivity contribution in [3.05, 3.63) is 0 Å². The third-order valence-electron chi connectivity index (χ3n) is 2.87. The van der Waals surface area contributed by atoms with E-state index in [1.165, 1.54) is 0 Å². The Kier molecular flexibility index (Phi) is 4.57. The van der Waals surface area contributed by atoms with E-state index in [-0.39, 0.29) is 23.6 Å². The number of piperidine rings is 1. The van der Waals surface area contributed by atoms with Gasteiger partial charge in [0.1, 0.15) is 0 Å². The van der Waals surface area contributed by atoms with Crippen LogP contribution in [0.15, 0.2) is 0 Å². The summed E-state index contributed by atoms with van der Waals surface area (Å²) >= 11 is 2.93. The zero-order valence-corrected chi connectivity index (χ0v) is 10.8. The van der Waals surface area contributed by atoms with Gasteiger partial charge in [-0.05, 0) is 18.8 Å². The molecular formula is C10H13BrF3NO2. The second-order valence-corrected chi connectivity index (χ2v) is 4.80. The van der Waals surface area contributed by atoms with Crippen molar-refractivity contribution in [2.24, 2.45) is 5.92 Å². The van der Waals surface area contributed by atoms with Crippen molar-refractivity contribution in [1.82, 2.24) is 4.90 Å². The highest BCUT2D eigenvalue weighted by molar-refractivity contribution is 9.09. The minimum Gasteiger partial charge on any atom is -0.325 e. The number of hydrogen-bond acceptors (Lipinski definition) is 2. The molecule has 1 aliphatic rings. The monoisotopic (exact) mass is 315 g/mol. The van der Waals surface area contributed by atoms with Gasteiger partial charge in [0.2, 0.25) is 0 Å². The van der Waals surface area contributed by atoms with Gasteiger partial charge >= 0.3 is 12.1 Å². The molecule has 1 saturated heterocycles. The van der Waals surface area contributed by atoms with Crippen molar-refractivity contribution in [3.63, 3.8) is 0 Å². The predicted molar refractivity (Wildman–Crippen MR) is 58.8 cm³/mol. The number of carbonyl (C=O) groups excluding carboxylic acids is 2. The lowest BCUT2D eigenvalue weighted by Crippen LogP contribution is -2.54. The highest BCUT2D eigenvalue weighted by Crippen LogP contribution is 2.28. The van der Waals surface area contributed by atoms with E-state index in [1.54, 1.807) is 0 Å². The topological polar surface area (TPSA) is 37.4 Å². The molecule has 0 aromatic carbocycles. The molecule has 0 radical (unpaired) electrons. The minimum absolute atomic E-state index is 0.0110. The summed E-state index contributed by atoms with van der Waals surface area (Å²) in [7, 11) is 0. The lowest BCUT2D eigenvalue weighted by atomic mass is 9.90. The van der Waals surface area contributed by atoms with Crippen LogP contribution in [-0.2, 0) is 9.59 Å². The van der Waals surface area contributed by atoms with Crippen LogP contribution in [0.25, 0.3) is 0 Å². The van der Waals surface area contributed by atoms with Crippen LogP contribution in [0.2, 0.25) is 0 Å². The van der Waals surface area contributed by atoms with Crippen LogP contribution in [0, 0.1) is 5.92 Å². The van der Waals surface area contributed by atoms with E-state index < -0.39 is 18.1 Å². The van der Waals surface area contributed by atoms with Gasteiger partial charge in [-0.15, -0.1) is 0 Å². The average Bonchev–Trinajstić information content (AvgIpc) is 2.25. The van der Waals surface area contributed by atoms with E-state index in [4.69, 9.17) is 0 Å². The molecule has 0 N–H and O–H groups in total. The molecule has 1 fully saturated rings. The van der Waals surface area contributed by atoms with Crippen molar-refractivity contribution < 1.29 is 22.8 Å². The quantitative estimate of drug-likeness (QED) is 0.732. The number of ketones is 1. The normalized spacial score (nSPS) is 25.8. The number of alkyl halides is 4. The molecule has 7 heteroatoms. The van der Waals surface area contributed by atoms with E-state index in [2.05, 4.69) is 15.9 Å². The largest absolute Gasteiger partial charge is 0.471 e. The van der Waals surface area contributed by atoms with Gasteiger partial charge in [-0.25, -0.2) is 0 Å². The van der Waals surface area contributed by atoms with Gasteiger partial charge in [-0.3, -0.25) is 9.59 Å². The van der Waals surface area contributed by atoms with Crippen molar-refractivity contribution in [2.45, 2.75) is 32.0 Å². The lowest BCUT2D eigenvalue weighted by Gasteiger charge is -2.37. The zero-order chi connectivity index (χ0) is 13.2. The second-order valence-electron chi connectivity index (χ2n) is 4.24. The zero-order valence-electron chi connectivity index (χ0n) is 9.26. The van der Waals surface area contributed by atoms with Gasteiger partial charge in [0.25, 0.3) is 0 Å². The number of Topliss-reactive ketones (excluding diaryl/α,β-unsaturated/α-hetero) is 1. The van der Waals surface area contributed by atoms with Gasteiger partial charge in [0, 0.05) is 6.54 Å². The molecule has 1 heterocycles. The number of amides is 1. The van der Waals surface area contributed by atoms with E-state index in [0.717, 1.165) is 0 Å². The van der Waals surface area contributed by atoms with Crippen LogP contribution in [0.1, 0.15) is 19.8 Å². The van der Waals surface area contributed by atoms with Gasteiger partial charge < -0.3 is 4.90 Å². The fourth-order valence-corrected chi connectivity index (χ4v) is 2.32. The fraction of sp³-hybridized carbons (Fsp3) is 0.800. The van der Waals surface area contributed by atoms with Crippen LogP contribution in [0.3, 0.4) is 0 Å². The van der Waals surface area contributed by atoms with E-state index in [1.807, 2.05) is 6.92 Å². The highest BCUT2D eigenvalue weighted by Gasteiger charge is 2.47. The van der Waals surface area contributed by atoms with Gasteiger partial charge in [-0.2, -0.15) is 13.2 Å². The molecular weight excluding hydrogens is 303 g/mol. The third kappa shape index (κ3) is 3.43. The maximum atomic E-state index is 12.4. The molecule has 0 saturated carbocycles. The standard InChI is InChI=1S/C10H13BrF3NO2/c1-6-2-3-15(9(17)10(12,13)14)7(4-6)8(16)5-11/h6-7H,2-5H2,1H3.